The Morgan fingerprint density at radius 2 is 2.23 bits per heavy atom. The molecule has 3 aromatic heterocycles. The van der Waals surface area contributed by atoms with E-state index in [2.05, 4.69) is 15.3 Å². The Morgan fingerprint density at radius 1 is 1.41 bits per heavy atom. The predicted octanol–water partition coefficient (Wildman–Crippen LogP) is 4.17. The molecule has 0 aliphatic rings. The normalized spacial score (nSPS) is 11.6. The van der Waals surface area contributed by atoms with Gasteiger partial charge in [0, 0.05) is 22.7 Å². The summed E-state index contributed by atoms with van der Waals surface area (Å²) in [5, 5.41) is 3.59. The summed E-state index contributed by atoms with van der Waals surface area (Å²) in [7, 11) is 0. The van der Waals surface area contributed by atoms with Crippen LogP contribution in [0.15, 0.2) is 41.5 Å². The molecule has 0 aliphatic carbocycles. The van der Waals surface area contributed by atoms with Crippen LogP contribution in [0, 0.1) is 0 Å². The number of nitrogens with one attached hydrogen (secondary N) is 2. The summed E-state index contributed by atoms with van der Waals surface area (Å²) in [4.78, 5) is 19.2. The number of furan rings is 1. The number of aromatic nitrogens is 2. The van der Waals surface area contributed by atoms with Gasteiger partial charge in [0.05, 0.1) is 24.4 Å². The molecule has 3 heterocycles. The number of amides is 1. The van der Waals surface area contributed by atoms with E-state index in [9.17, 15) is 4.79 Å². The number of nitrogens with zero attached hydrogens (tertiary/aromatic N) is 1. The first-order chi connectivity index (χ1) is 10.4. The van der Waals surface area contributed by atoms with E-state index >= 15 is 0 Å². The predicted molar refractivity (Wildman–Crippen MR) is 83.7 cm³/mol. The molecule has 6 heteroatoms. The van der Waals surface area contributed by atoms with E-state index in [-0.39, 0.29) is 0 Å². The molecule has 1 amide bonds. The van der Waals surface area contributed by atoms with Gasteiger partial charge >= 0.3 is 6.09 Å². The third kappa shape index (κ3) is 2.95. The monoisotopic (exact) mass is 299 g/mol. The maximum Gasteiger partial charge on any atom is 0.412 e. The summed E-state index contributed by atoms with van der Waals surface area (Å²) in [6, 6.07) is 3.72. The van der Waals surface area contributed by atoms with Crippen LogP contribution >= 0.6 is 0 Å². The standard InChI is InChI=1S/C16H17N3O3/c1-16(2,3)22-15(20)19-11-6-12-13(10-4-5-21-9-10)8-18-14(12)17-7-11/h4-9H,1-3H3,(H,17,18)(H,19,20). The van der Waals surface area contributed by atoms with E-state index in [1.807, 2.05) is 39.1 Å². The van der Waals surface area contributed by atoms with Crippen LogP contribution in [0.5, 0.6) is 0 Å². The van der Waals surface area contributed by atoms with Gasteiger partial charge in [0.1, 0.15) is 11.2 Å². The van der Waals surface area contributed by atoms with Crippen LogP contribution in [0.1, 0.15) is 20.8 Å². The Labute approximate surface area is 127 Å². The highest BCUT2D eigenvalue weighted by Gasteiger charge is 2.17. The Hall–Kier alpha value is -2.76. The molecular weight excluding hydrogens is 282 g/mol. The molecule has 6 nitrogen and oxygen atoms in total. The first kappa shape index (κ1) is 14.2. The molecule has 0 atom stereocenters. The highest BCUT2D eigenvalue weighted by atomic mass is 16.6. The number of carbonyl (C=O) groups is 1. The number of hydrogen-bond acceptors (Lipinski definition) is 4. The Bertz CT molecular complexity index is 798. The SMILES string of the molecule is CC(C)(C)OC(=O)Nc1cnc2[nH]cc(-c3ccoc3)c2c1. The third-order valence-electron chi connectivity index (χ3n) is 3.01. The number of fused-ring (bicyclic) bond motifs is 1. The number of aromatic amines is 1. The molecule has 22 heavy (non-hydrogen) atoms. The molecule has 0 bridgehead atoms. The molecule has 0 unspecified atom stereocenters. The second-order valence-corrected chi connectivity index (χ2v) is 5.96. The molecule has 0 saturated carbocycles. The van der Waals surface area contributed by atoms with Crippen LogP contribution in [0.4, 0.5) is 10.5 Å². The average Bonchev–Trinajstić information content (AvgIpc) is 3.03. The van der Waals surface area contributed by atoms with Gasteiger partial charge in [-0.2, -0.15) is 0 Å². The summed E-state index contributed by atoms with van der Waals surface area (Å²) in [6.45, 7) is 5.45. The van der Waals surface area contributed by atoms with Crippen molar-refractivity contribution in [3.05, 3.63) is 37.1 Å². The quantitative estimate of drug-likeness (QED) is 0.744. The van der Waals surface area contributed by atoms with Crippen molar-refractivity contribution in [1.82, 2.24) is 9.97 Å². The number of anilines is 1. The Balaban J connectivity index is 1.89. The average molecular weight is 299 g/mol. The van der Waals surface area contributed by atoms with E-state index < -0.39 is 11.7 Å². The number of pyridine rings is 1. The fraction of sp³-hybridized carbons (Fsp3) is 0.250. The van der Waals surface area contributed by atoms with Crippen molar-refractivity contribution in [1.29, 1.82) is 0 Å². The van der Waals surface area contributed by atoms with Gasteiger partial charge in [-0.1, -0.05) is 0 Å². The lowest BCUT2D eigenvalue weighted by Gasteiger charge is -2.19. The van der Waals surface area contributed by atoms with Crippen molar-refractivity contribution < 1.29 is 13.9 Å². The molecule has 0 aromatic carbocycles. The molecule has 0 saturated heterocycles. The molecule has 2 N–H and O–H groups in total. The van der Waals surface area contributed by atoms with E-state index in [4.69, 9.17) is 9.15 Å². The molecule has 0 radical (unpaired) electrons. The summed E-state index contributed by atoms with van der Waals surface area (Å²) >= 11 is 0. The summed E-state index contributed by atoms with van der Waals surface area (Å²) in [5.41, 5.74) is 2.68. The van der Waals surface area contributed by atoms with Gasteiger partial charge in [-0.25, -0.2) is 9.78 Å². The minimum Gasteiger partial charge on any atom is -0.472 e. The Morgan fingerprint density at radius 3 is 2.91 bits per heavy atom. The highest BCUT2D eigenvalue weighted by molar-refractivity contribution is 5.96. The van der Waals surface area contributed by atoms with Crippen molar-refractivity contribution in [3.63, 3.8) is 0 Å². The van der Waals surface area contributed by atoms with E-state index in [0.29, 0.717) is 5.69 Å². The van der Waals surface area contributed by atoms with Gasteiger partial charge < -0.3 is 14.1 Å². The van der Waals surface area contributed by atoms with Gasteiger partial charge in [-0.3, -0.25) is 5.32 Å². The van der Waals surface area contributed by atoms with Gasteiger partial charge in [0.25, 0.3) is 0 Å². The lowest BCUT2D eigenvalue weighted by atomic mass is 10.1. The van der Waals surface area contributed by atoms with Crippen LogP contribution < -0.4 is 5.32 Å². The van der Waals surface area contributed by atoms with E-state index in [0.717, 1.165) is 22.2 Å². The highest BCUT2D eigenvalue weighted by Crippen LogP contribution is 2.29. The van der Waals surface area contributed by atoms with Crippen LogP contribution in [0.3, 0.4) is 0 Å². The van der Waals surface area contributed by atoms with Crippen molar-refractivity contribution in [2.75, 3.05) is 5.32 Å². The van der Waals surface area contributed by atoms with Crippen LogP contribution in [0.2, 0.25) is 0 Å². The molecular formula is C16H17N3O3. The minimum atomic E-state index is -0.544. The summed E-state index contributed by atoms with van der Waals surface area (Å²) < 4.78 is 10.3. The molecule has 0 aliphatic heterocycles. The van der Waals surface area contributed by atoms with Gasteiger partial charge in [0.2, 0.25) is 0 Å². The van der Waals surface area contributed by atoms with Gasteiger partial charge in [0.15, 0.2) is 0 Å². The first-order valence-corrected chi connectivity index (χ1v) is 6.92. The second-order valence-electron chi connectivity index (χ2n) is 5.96. The molecule has 0 spiro atoms. The topological polar surface area (TPSA) is 80.1 Å². The number of rotatable bonds is 2. The smallest absolute Gasteiger partial charge is 0.412 e. The van der Waals surface area contributed by atoms with Crippen LogP contribution in [-0.2, 0) is 4.74 Å². The molecule has 114 valence electrons. The summed E-state index contributed by atoms with van der Waals surface area (Å²) in [5.74, 6) is 0. The lowest BCUT2D eigenvalue weighted by Crippen LogP contribution is -2.27. The molecule has 3 rings (SSSR count). The van der Waals surface area contributed by atoms with Crippen LogP contribution in [-0.4, -0.2) is 21.7 Å². The number of ether oxygens (including phenoxy) is 1. The van der Waals surface area contributed by atoms with E-state index in [1.54, 1.807) is 18.7 Å². The number of hydrogen-bond donors (Lipinski definition) is 2. The van der Waals surface area contributed by atoms with Crippen molar-refractivity contribution in [2.45, 2.75) is 26.4 Å². The fourth-order valence-electron chi connectivity index (χ4n) is 2.15. The van der Waals surface area contributed by atoms with Crippen molar-refractivity contribution >= 4 is 22.8 Å². The zero-order valence-electron chi connectivity index (χ0n) is 12.6. The Kier molecular flexibility index (Phi) is 3.36. The second kappa shape index (κ2) is 5.22. The molecule has 0 fully saturated rings. The third-order valence-corrected chi connectivity index (χ3v) is 3.01. The maximum atomic E-state index is 11.8. The van der Waals surface area contributed by atoms with Crippen molar-refractivity contribution in [3.8, 4) is 11.1 Å². The first-order valence-electron chi connectivity index (χ1n) is 6.92. The lowest BCUT2D eigenvalue weighted by molar-refractivity contribution is 0.0636. The van der Waals surface area contributed by atoms with Gasteiger partial charge in [-0.05, 0) is 32.9 Å². The minimum absolute atomic E-state index is 0.506. The summed E-state index contributed by atoms with van der Waals surface area (Å²) in [6.07, 6.45) is 6.22. The fourth-order valence-corrected chi connectivity index (χ4v) is 2.15. The van der Waals surface area contributed by atoms with Crippen molar-refractivity contribution in [2.24, 2.45) is 0 Å². The molecule has 3 aromatic rings. The number of H-pyrrole nitrogens is 1. The van der Waals surface area contributed by atoms with E-state index in [1.165, 1.54) is 0 Å². The van der Waals surface area contributed by atoms with Crippen LogP contribution in [0.25, 0.3) is 22.2 Å². The zero-order valence-corrected chi connectivity index (χ0v) is 12.6. The zero-order chi connectivity index (χ0) is 15.7. The largest absolute Gasteiger partial charge is 0.472 e. The number of carbonyl (C=O) groups excluding carboxylic acids is 1. The maximum absolute atomic E-state index is 11.8. The van der Waals surface area contributed by atoms with Gasteiger partial charge in [-0.15, -0.1) is 0 Å².